The number of anilines is 2. The third-order valence-electron chi connectivity index (χ3n) is 5.55. The van der Waals surface area contributed by atoms with E-state index in [2.05, 4.69) is 30.2 Å². The van der Waals surface area contributed by atoms with Crippen molar-refractivity contribution >= 4 is 40.4 Å². The van der Waals surface area contributed by atoms with Gasteiger partial charge in [0.15, 0.2) is 11.0 Å². The third-order valence-corrected chi connectivity index (χ3v) is 6.47. The van der Waals surface area contributed by atoms with Gasteiger partial charge in [-0.1, -0.05) is 11.8 Å². The Morgan fingerprint density at radius 2 is 1.82 bits per heavy atom. The summed E-state index contributed by atoms with van der Waals surface area (Å²) in [5, 5.41) is 11.5. The van der Waals surface area contributed by atoms with E-state index in [1.54, 1.807) is 41.2 Å². The fourth-order valence-electron chi connectivity index (χ4n) is 3.81. The summed E-state index contributed by atoms with van der Waals surface area (Å²) < 4.78 is 44.1. The zero-order valence-corrected chi connectivity index (χ0v) is 21.8. The fourth-order valence-corrected chi connectivity index (χ4v) is 4.67. The highest BCUT2D eigenvalue weighted by molar-refractivity contribution is 8.15. The van der Waals surface area contributed by atoms with Crippen LogP contribution in [0.15, 0.2) is 72.1 Å². The Bertz CT molecular complexity index is 1560. The number of thioether (sulfide) groups is 1. The van der Waals surface area contributed by atoms with Crippen LogP contribution in [0.25, 0.3) is 17.1 Å². The molecule has 0 bridgehead atoms. The molecule has 2 aromatic heterocycles. The number of aliphatic imine (C=N–C) groups is 1. The van der Waals surface area contributed by atoms with Crippen LogP contribution in [0.3, 0.4) is 0 Å². The van der Waals surface area contributed by atoms with Gasteiger partial charge in [-0.15, -0.1) is 18.3 Å². The number of alkyl halides is 3. The Kier molecular flexibility index (Phi) is 7.30. The molecule has 1 aliphatic rings. The number of benzene rings is 2. The molecule has 0 aliphatic carbocycles. The first kappa shape index (κ1) is 26.9. The van der Waals surface area contributed by atoms with Crippen molar-refractivity contribution in [1.82, 2.24) is 24.5 Å². The molecule has 1 fully saturated rings. The predicted octanol–water partition coefficient (Wildman–Crippen LogP) is 5.28. The SMILES string of the molecule is CC(C)n1nccc1N1C(=O)CS/C1=N\C(=O)Nc1ccc(-c2ncn(-c3ccc(OC(F)(F)F)cc3)n2)cc1. The Labute approximate surface area is 229 Å². The molecular formula is C25H21F3N8O3S. The van der Waals surface area contributed by atoms with Crippen LogP contribution in [-0.2, 0) is 4.79 Å². The molecule has 40 heavy (non-hydrogen) atoms. The van der Waals surface area contributed by atoms with E-state index >= 15 is 0 Å². The van der Waals surface area contributed by atoms with Crippen molar-refractivity contribution < 1.29 is 27.5 Å². The lowest BCUT2D eigenvalue weighted by Crippen LogP contribution is -2.32. The van der Waals surface area contributed by atoms with Gasteiger partial charge in [0.1, 0.15) is 17.9 Å². The average molecular weight is 571 g/mol. The summed E-state index contributed by atoms with van der Waals surface area (Å²) in [6, 6.07) is 13.0. The molecule has 0 unspecified atom stereocenters. The number of nitrogens with one attached hydrogen (secondary N) is 1. The number of carbonyl (C=O) groups is 2. The number of carbonyl (C=O) groups excluding carboxylic acids is 2. The first-order chi connectivity index (χ1) is 19.1. The van der Waals surface area contributed by atoms with Crippen molar-refractivity contribution in [3.63, 3.8) is 0 Å². The first-order valence-corrected chi connectivity index (χ1v) is 12.8. The molecular weight excluding hydrogens is 549 g/mol. The summed E-state index contributed by atoms with van der Waals surface area (Å²) in [7, 11) is 0. The number of aromatic nitrogens is 5. The van der Waals surface area contributed by atoms with E-state index in [-0.39, 0.29) is 28.6 Å². The summed E-state index contributed by atoms with van der Waals surface area (Å²) >= 11 is 1.17. The van der Waals surface area contributed by atoms with Crippen LogP contribution in [0.1, 0.15) is 19.9 Å². The van der Waals surface area contributed by atoms with Gasteiger partial charge in [0.05, 0.1) is 17.6 Å². The van der Waals surface area contributed by atoms with Gasteiger partial charge in [-0.25, -0.2) is 24.0 Å². The summed E-state index contributed by atoms with van der Waals surface area (Å²) in [4.78, 5) is 34.9. The largest absolute Gasteiger partial charge is 0.573 e. The number of nitrogens with zero attached hydrogens (tertiary/aromatic N) is 7. The molecule has 2 aromatic carbocycles. The van der Waals surface area contributed by atoms with Crippen LogP contribution in [0.2, 0.25) is 0 Å². The van der Waals surface area contributed by atoms with Crippen LogP contribution in [0.5, 0.6) is 5.75 Å². The quantitative estimate of drug-likeness (QED) is 0.335. The lowest BCUT2D eigenvalue weighted by atomic mass is 10.2. The minimum Gasteiger partial charge on any atom is -0.406 e. The van der Waals surface area contributed by atoms with Crippen LogP contribution >= 0.6 is 11.8 Å². The van der Waals surface area contributed by atoms with Crippen molar-refractivity contribution in [2.24, 2.45) is 4.99 Å². The van der Waals surface area contributed by atoms with Gasteiger partial charge in [0.2, 0.25) is 5.91 Å². The van der Waals surface area contributed by atoms with E-state index in [9.17, 15) is 22.8 Å². The van der Waals surface area contributed by atoms with Gasteiger partial charge in [0, 0.05) is 23.4 Å². The highest BCUT2D eigenvalue weighted by Crippen LogP contribution is 2.29. The molecule has 0 saturated carbocycles. The maximum absolute atomic E-state index is 12.7. The molecule has 0 radical (unpaired) electrons. The molecule has 0 atom stereocenters. The highest BCUT2D eigenvalue weighted by Gasteiger charge is 2.33. The summed E-state index contributed by atoms with van der Waals surface area (Å²) in [6.45, 7) is 3.87. The Hall–Kier alpha value is -4.66. The van der Waals surface area contributed by atoms with Gasteiger partial charge in [-0.3, -0.25) is 4.79 Å². The number of ether oxygens (including phenoxy) is 1. The molecule has 15 heteroatoms. The van der Waals surface area contributed by atoms with Crippen molar-refractivity contribution in [1.29, 1.82) is 0 Å². The minimum absolute atomic E-state index is 0.0105. The summed E-state index contributed by atoms with van der Waals surface area (Å²) in [5.74, 6) is 0.536. The summed E-state index contributed by atoms with van der Waals surface area (Å²) in [5.41, 5.74) is 1.60. The van der Waals surface area contributed by atoms with E-state index in [1.807, 2.05) is 13.8 Å². The number of halogens is 3. The Balaban J connectivity index is 1.25. The van der Waals surface area contributed by atoms with Crippen molar-refractivity contribution in [2.75, 3.05) is 16.0 Å². The van der Waals surface area contributed by atoms with E-state index in [1.165, 1.54) is 51.9 Å². The predicted molar refractivity (Wildman–Crippen MR) is 142 cm³/mol. The molecule has 5 rings (SSSR count). The zero-order chi connectivity index (χ0) is 28.4. The van der Waals surface area contributed by atoms with E-state index in [0.717, 1.165) is 0 Å². The first-order valence-electron chi connectivity index (χ1n) is 11.8. The van der Waals surface area contributed by atoms with Gasteiger partial charge in [0.25, 0.3) is 0 Å². The number of urea groups is 1. The van der Waals surface area contributed by atoms with Gasteiger partial charge in [-0.05, 0) is 62.4 Å². The highest BCUT2D eigenvalue weighted by atomic mass is 32.2. The van der Waals surface area contributed by atoms with Crippen LogP contribution in [0.4, 0.5) is 29.5 Å². The lowest BCUT2D eigenvalue weighted by Gasteiger charge is -2.19. The topological polar surface area (TPSA) is 120 Å². The monoisotopic (exact) mass is 570 g/mol. The zero-order valence-electron chi connectivity index (χ0n) is 21.0. The van der Waals surface area contributed by atoms with Gasteiger partial charge < -0.3 is 10.1 Å². The Morgan fingerprint density at radius 1 is 1.10 bits per heavy atom. The minimum atomic E-state index is -4.77. The van der Waals surface area contributed by atoms with Gasteiger partial charge >= 0.3 is 12.4 Å². The number of amides is 3. The molecule has 206 valence electrons. The van der Waals surface area contributed by atoms with Gasteiger partial charge in [-0.2, -0.15) is 10.1 Å². The molecule has 3 amide bonds. The van der Waals surface area contributed by atoms with Crippen LogP contribution in [0, 0.1) is 0 Å². The molecule has 11 nitrogen and oxygen atoms in total. The number of amidine groups is 1. The van der Waals surface area contributed by atoms with E-state index < -0.39 is 12.4 Å². The maximum Gasteiger partial charge on any atom is 0.573 e. The molecule has 0 spiro atoms. The number of hydrogen-bond donors (Lipinski definition) is 1. The summed E-state index contributed by atoms with van der Waals surface area (Å²) in [6.07, 6.45) is -1.75. The van der Waals surface area contributed by atoms with Crippen LogP contribution in [-0.4, -0.2) is 53.8 Å². The van der Waals surface area contributed by atoms with Crippen molar-refractivity contribution in [3.8, 4) is 22.8 Å². The second-order valence-electron chi connectivity index (χ2n) is 8.70. The van der Waals surface area contributed by atoms with Crippen LogP contribution < -0.4 is 15.0 Å². The Morgan fingerprint density at radius 3 is 2.50 bits per heavy atom. The standard InChI is InChI=1S/C25H21F3N8O3S/c1-15(2)36-20(11-12-30-36)35-21(37)13-40-24(35)32-23(38)31-17-5-3-16(4-6-17)22-29-14-34(33-22)18-7-9-19(10-8-18)39-25(26,27)28/h3-12,14-15H,13H2,1-2H3,(H,31,38)/b32-24-. The average Bonchev–Trinajstić information content (AvgIpc) is 3.64. The van der Waals surface area contributed by atoms with Crippen molar-refractivity contribution in [3.05, 3.63) is 67.1 Å². The molecule has 1 aliphatic heterocycles. The van der Waals surface area contributed by atoms with E-state index in [0.29, 0.717) is 28.6 Å². The smallest absolute Gasteiger partial charge is 0.406 e. The normalized spacial score (nSPS) is 14.8. The molecule has 1 N–H and O–H groups in total. The third kappa shape index (κ3) is 5.98. The second-order valence-corrected chi connectivity index (χ2v) is 9.64. The molecule has 1 saturated heterocycles. The van der Waals surface area contributed by atoms with Crippen molar-refractivity contribution in [2.45, 2.75) is 26.3 Å². The second kappa shape index (κ2) is 10.8. The lowest BCUT2D eigenvalue weighted by molar-refractivity contribution is -0.274. The van der Waals surface area contributed by atoms with E-state index in [4.69, 9.17) is 0 Å². The number of hydrogen-bond acceptors (Lipinski definition) is 7. The maximum atomic E-state index is 12.7. The number of rotatable bonds is 6. The fraction of sp³-hybridized carbons (Fsp3) is 0.200. The molecule has 4 aromatic rings. The molecule has 3 heterocycles.